The van der Waals surface area contributed by atoms with Gasteiger partial charge in [0.25, 0.3) is 0 Å². The summed E-state index contributed by atoms with van der Waals surface area (Å²) in [4.78, 5) is 5.38. The zero-order valence-corrected chi connectivity index (χ0v) is 12.7. The lowest BCUT2D eigenvalue weighted by atomic mass is 9.86. The number of fused-ring (bicyclic) bond motifs is 1. The Labute approximate surface area is 113 Å². The predicted molar refractivity (Wildman–Crippen MR) is 77.7 cm³/mol. The Bertz CT molecular complexity index is 271. The van der Waals surface area contributed by atoms with Crippen LogP contribution in [0.1, 0.15) is 47.0 Å². The summed E-state index contributed by atoms with van der Waals surface area (Å²) in [6.07, 6.45) is 3.98. The zero-order valence-electron chi connectivity index (χ0n) is 12.7. The third kappa shape index (κ3) is 3.25. The molecule has 18 heavy (non-hydrogen) atoms. The average molecular weight is 253 g/mol. The first-order valence-electron chi connectivity index (χ1n) is 7.60. The third-order valence-corrected chi connectivity index (χ3v) is 4.57. The van der Waals surface area contributed by atoms with Crippen LogP contribution < -0.4 is 5.73 Å². The maximum absolute atomic E-state index is 6.05. The molecule has 0 amide bonds. The summed E-state index contributed by atoms with van der Waals surface area (Å²) in [5.41, 5.74) is 6.43. The summed E-state index contributed by atoms with van der Waals surface area (Å²) in [7, 11) is 0. The number of nitrogens with zero attached hydrogens (tertiary/aromatic N) is 2. The summed E-state index contributed by atoms with van der Waals surface area (Å²) in [6.45, 7) is 13.9. The molecule has 0 saturated carbocycles. The van der Waals surface area contributed by atoms with Crippen LogP contribution in [-0.4, -0.2) is 54.1 Å². The smallest absolute Gasteiger partial charge is 0.0227 e. The number of piperazine rings is 1. The van der Waals surface area contributed by atoms with Crippen molar-refractivity contribution in [2.45, 2.75) is 65.1 Å². The van der Waals surface area contributed by atoms with Gasteiger partial charge in [0.05, 0.1) is 0 Å². The Balaban J connectivity index is 2.01. The van der Waals surface area contributed by atoms with Gasteiger partial charge >= 0.3 is 0 Å². The van der Waals surface area contributed by atoms with Gasteiger partial charge in [-0.3, -0.25) is 9.80 Å². The normalized spacial score (nSPS) is 32.5. The Morgan fingerprint density at radius 2 is 2.00 bits per heavy atom. The van der Waals surface area contributed by atoms with Crippen molar-refractivity contribution in [3.63, 3.8) is 0 Å². The van der Waals surface area contributed by atoms with Gasteiger partial charge in [0, 0.05) is 37.8 Å². The topological polar surface area (TPSA) is 32.5 Å². The molecule has 0 spiro atoms. The second-order valence-corrected chi connectivity index (χ2v) is 7.49. The molecule has 0 aliphatic carbocycles. The van der Waals surface area contributed by atoms with Crippen molar-refractivity contribution in [3.05, 3.63) is 0 Å². The van der Waals surface area contributed by atoms with E-state index in [0.29, 0.717) is 17.5 Å². The summed E-state index contributed by atoms with van der Waals surface area (Å²) < 4.78 is 0. The zero-order chi connectivity index (χ0) is 13.3. The highest BCUT2D eigenvalue weighted by molar-refractivity contribution is 4.94. The lowest BCUT2D eigenvalue weighted by Crippen LogP contribution is -2.59. The highest BCUT2D eigenvalue weighted by Crippen LogP contribution is 2.29. The third-order valence-electron chi connectivity index (χ3n) is 4.57. The maximum atomic E-state index is 6.05. The van der Waals surface area contributed by atoms with E-state index in [9.17, 15) is 0 Å². The van der Waals surface area contributed by atoms with Crippen LogP contribution in [0.25, 0.3) is 0 Å². The van der Waals surface area contributed by atoms with E-state index < -0.39 is 0 Å². The van der Waals surface area contributed by atoms with Crippen LogP contribution in [-0.2, 0) is 0 Å². The van der Waals surface area contributed by atoms with Gasteiger partial charge in [-0.25, -0.2) is 0 Å². The quantitative estimate of drug-likeness (QED) is 0.834. The van der Waals surface area contributed by atoms with E-state index in [1.54, 1.807) is 0 Å². The van der Waals surface area contributed by atoms with Gasteiger partial charge in [-0.15, -0.1) is 0 Å². The second-order valence-electron chi connectivity index (χ2n) is 7.49. The standard InChI is InChI=1S/C15H31N3/c1-12-10-17-7-5-6-13(17)11-18(12)14(9-16)8-15(2,3)4/h12-14H,5-11,16H2,1-4H3. The molecular weight excluding hydrogens is 222 g/mol. The van der Waals surface area contributed by atoms with Crippen LogP contribution in [0.3, 0.4) is 0 Å². The number of nitrogens with two attached hydrogens (primary N) is 1. The summed E-state index contributed by atoms with van der Waals surface area (Å²) in [6, 6.07) is 2.02. The Morgan fingerprint density at radius 1 is 1.28 bits per heavy atom. The first-order valence-corrected chi connectivity index (χ1v) is 7.60. The van der Waals surface area contributed by atoms with Gasteiger partial charge in [-0.1, -0.05) is 20.8 Å². The van der Waals surface area contributed by atoms with E-state index in [1.807, 2.05) is 0 Å². The molecule has 0 aromatic carbocycles. The Morgan fingerprint density at radius 3 is 2.61 bits per heavy atom. The van der Waals surface area contributed by atoms with Gasteiger partial charge < -0.3 is 5.73 Å². The molecule has 2 saturated heterocycles. The summed E-state index contributed by atoms with van der Waals surface area (Å²) in [5, 5.41) is 0. The molecule has 2 fully saturated rings. The minimum Gasteiger partial charge on any atom is -0.329 e. The minimum absolute atomic E-state index is 0.372. The number of rotatable bonds is 3. The molecule has 2 aliphatic rings. The van der Waals surface area contributed by atoms with Crippen molar-refractivity contribution in [3.8, 4) is 0 Å². The van der Waals surface area contributed by atoms with Crippen LogP contribution in [0.4, 0.5) is 0 Å². The first kappa shape index (κ1) is 14.3. The molecule has 3 heteroatoms. The van der Waals surface area contributed by atoms with Crippen molar-refractivity contribution in [1.29, 1.82) is 0 Å². The van der Waals surface area contributed by atoms with Gasteiger partial charge in [-0.05, 0) is 38.1 Å². The van der Waals surface area contributed by atoms with E-state index in [4.69, 9.17) is 5.73 Å². The van der Waals surface area contributed by atoms with Crippen LogP contribution in [0.5, 0.6) is 0 Å². The van der Waals surface area contributed by atoms with Crippen LogP contribution in [0.2, 0.25) is 0 Å². The van der Waals surface area contributed by atoms with E-state index in [1.165, 1.54) is 38.9 Å². The van der Waals surface area contributed by atoms with E-state index in [-0.39, 0.29) is 0 Å². The largest absolute Gasteiger partial charge is 0.329 e. The van der Waals surface area contributed by atoms with Crippen LogP contribution in [0.15, 0.2) is 0 Å². The summed E-state index contributed by atoms with van der Waals surface area (Å²) in [5.74, 6) is 0. The molecule has 2 rings (SSSR count). The predicted octanol–water partition coefficient (Wildman–Crippen LogP) is 1.92. The molecule has 3 atom stereocenters. The Hall–Kier alpha value is -0.120. The fourth-order valence-corrected chi connectivity index (χ4v) is 3.76. The molecule has 3 unspecified atom stereocenters. The lowest BCUT2D eigenvalue weighted by molar-refractivity contribution is 0.0179. The van der Waals surface area contributed by atoms with Gasteiger partial charge in [0.2, 0.25) is 0 Å². The van der Waals surface area contributed by atoms with E-state index >= 15 is 0 Å². The molecule has 3 nitrogen and oxygen atoms in total. The SMILES string of the molecule is CC1CN2CCCC2CN1C(CN)CC(C)(C)C. The molecule has 2 heterocycles. The Kier molecular flexibility index (Phi) is 4.35. The van der Waals surface area contributed by atoms with Gasteiger partial charge in [0.1, 0.15) is 0 Å². The molecule has 106 valence electrons. The minimum atomic E-state index is 0.372. The number of hydrogen-bond donors (Lipinski definition) is 1. The first-order chi connectivity index (χ1) is 8.40. The highest BCUT2D eigenvalue weighted by atomic mass is 15.3. The van der Waals surface area contributed by atoms with Crippen molar-refractivity contribution < 1.29 is 0 Å². The fourth-order valence-electron chi connectivity index (χ4n) is 3.76. The van der Waals surface area contributed by atoms with Crippen molar-refractivity contribution in [2.75, 3.05) is 26.2 Å². The average Bonchev–Trinajstić information content (AvgIpc) is 2.70. The highest BCUT2D eigenvalue weighted by Gasteiger charge is 2.37. The van der Waals surface area contributed by atoms with Crippen molar-refractivity contribution in [1.82, 2.24) is 9.80 Å². The maximum Gasteiger partial charge on any atom is 0.0227 e. The van der Waals surface area contributed by atoms with Gasteiger partial charge in [0.15, 0.2) is 0 Å². The molecule has 0 aromatic rings. The lowest BCUT2D eigenvalue weighted by Gasteiger charge is -2.47. The summed E-state index contributed by atoms with van der Waals surface area (Å²) >= 11 is 0. The van der Waals surface area contributed by atoms with E-state index in [2.05, 4.69) is 37.5 Å². The second kappa shape index (κ2) is 5.48. The van der Waals surface area contributed by atoms with Crippen molar-refractivity contribution in [2.24, 2.45) is 11.1 Å². The molecule has 2 N–H and O–H groups in total. The monoisotopic (exact) mass is 253 g/mol. The van der Waals surface area contributed by atoms with E-state index in [0.717, 1.165) is 12.6 Å². The van der Waals surface area contributed by atoms with Crippen LogP contribution >= 0.6 is 0 Å². The molecule has 2 aliphatic heterocycles. The molecule has 0 radical (unpaired) electrons. The molecule has 0 aromatic heterocycles. The van der Waals surface area contributed by atoms with Gasteiger partial charge in [-0.2, -0.15) is 0 Å². The van der Waals surface area contributed by atoms with Crippen LogP contribution in [0, 0.1) is 5.41 Å². The molecule has 0 bridgehead atoms. The fraction of sp³-hybridized carbons (Fsp3) is 1.00. The number of hydrogen-bond acceptors (Lipinski definition) is 3. The molecular formula is C15H31N3. The van der Waals surface area contributed by atoms with Crippen molar-refractivity contribution >= 4 is 0 Å².